The molecule has 2 fully saturated rings. The first-order valence-electron chi connectivity index (χ1n) is 12.4. The van der Waals surface area contributed by atoms with Gasteiger partial charge in [0.1, 0.15) is 17.3 Å². The number of morpholine rings is 1. The topological polar surface area (TPSA) is 88.5 Å². The molecule has 0 spiro atoms. The zero-order valence-corrected chi connectivity index (χ0v) is 21.2. The number of nitrogens with zero attached hydrogens (tertiary/aromatic N) is 2. The highest BCUT2D eigenvalue weighted by atomic mass is 16.5. The van der Waals surface area contributed by atoms with E-state index in [0.29, 0.717) is 49.8 Å². The lowest BCUT2D eigenvalue weighted by molar-refractivity contribution is -0.140. The third-order valence-corrected chi connectivity index (χ3v) is 6.69. The van der Waals surface area contributed by atoms with Crippen LogP contribution in [0.25, 0.3) is 5.76 Å². The molecular formula is C28H34N2O6. The Morgan fingerprint density at radius 2 is 1.81 bits per heavy atom. The minimum Gasteiger partial charge on any atom is -0.507 e. The number of rotatable bonds is 9. The number of aryl methyl sites for hydroxylation is 1. The Labute approximate surface area is 212 Å². The molecule has 36 heavy (non-hydrogen) atoms. The Balaban J connectivity index is 1.68. The number of hydrogen-bond acceptors (Lipinski definition) is 7. The molecule has 8 nitrogen and oxygen atoms in total. The van der Waals surface area contributed by atoms with Crippen LogP contribution in [0.15, 0.2) is 48.0 Å². The first kappa shape index (κ1) is 25.7. The molecule has 2 aromatic carbocycles. The molecule has 0 bridgehead atoms. The van der Waals surface area contributed by atoms with Crippen molar-refractivity contribution in [3.05, 3.63) is 64.7 Å². The zero-order valence-electron chi connectivity index (χ0n) is 21.2. The van der Waals surface area contributed by atoms with Crippen molar-refractivity contribution in [1.82, 2.24) is 9.80 Å². The molecule has 0 aliphatic carbocycles. The SMILES string of the molecule is CCOc1ccc([C@@H]2C(=C(O)c3ccc(OC)c(C)c3)C(=O)C(=O)N2CCCN2CCOCC2)cc1. The first-order valence-corrected chi connectivity index (χ1v) is 12.4. The second-order valence-corrected chi connectivity index (χ2v) is 8.99. The van der Waals surface area contributed by atoms with Crippen LogP contribution in [0.5, 0.6) is 11.5 Å². The summed E-state index contributed by atoms with van der Waals surface area (Å²) in [4.78, 5) is 30.4. The number of ketones is 1. The van der Waals surface area contributed by atoms with E-state index in [1.54, 1.807) is 30.2 Å². The minimum absolute atomic E-state index is 0.0973. The van der Waals surface area contributed by atoms with Crippen molar-refractivity contribution >= 4 is 17.4 Å². The zero-order chi connectivity index (χ0) is 25.7. The molecule has 4 rings (SSSR count). The van der Waals surface area contributed by atoms with Gasteiger partial charge >= 0.3 is 0 Å². The number of aliphatic hydroxyl groups excluding tert-OH is 1. The number of benzene rings is 2. The van der Waals surface area contributed by atoms with Crippen LogP contribution in [0, 0.1) is 6.92 Å². The van der Waals surface area contributed by atoms with Gasteiger partial charge in [0, 0.05) is 31.7 Å². The predicted molar refractivity (Wildman–Crippen MR) is 136 cm³/mol. The summed E-state index contributed by atoms with van der Waals surface area (Å²) >= 11 is 0. The van der Waals surface area contributed by atoms with Crippen molar-refractivity contribution in [3.8, 4) is 11.5 Å². The highest BCUT2D eigenvalue weighted by Crippen LogP contribution is 2.40. The maximum Gasteiger partial charge on any atom is 0.295 e. The van der Waals surface area contributed by atoms with E-state index >= 15 is 0 Å². The molecular weight excluding hydrogens is 460 g/mol. The standard InChI is InChI=1S/C28H34N2O6/c1-4-36-22-9-6-20(7-10-22)25-24(26(31)21-8-11-23(34-3)19(2)18-21)27(32)28(33)30(25)13-5-12-29-14-16-35-17-15-29/h6-11,18,25,31H,4-5,12-17H2,1-3H3/t25-/m1/s1. The maximum atomic E-state index is 13.3. The van der Waals surface area contributed by atoms with Gasteiger partial charge in [0.2, 0.25) is 0 Å². The van der Waals surface area contributed by atoms with Crippen molar-refractivity contribution in [1.29, 1.82) is 0 Å². The summed E-state index contributed by atoms with van der Waals surface area (Å²) < 4.78 is 16.3. The summed E-state index contributed by atoms with van der Waals surface area (Å²) in [5, 5.41) is 11.3. The van der Waals surface area contributed by atoms with Crippen molar-refractivity contribution in [3.63, 3.8) is 0 Å². The highest BCUT2D eigenvalue weighted by molar-refractivity contribution is 6.46. The smallest absolute Gasteiger partial charge is 0.295 e. The molecule has 192 valence electrons. The van der Waals surface area contributed by atoms with Gasteiger partial charge < -0.3 is 24.2 Å². The van der Waals surface area contributed by atoms with Crippen LogP contribution in [-0.2, 0) is 14.3 Å². The van der Waals surface area contributed by atoms with Crippen molar-refractivity contribution in [2.24, 2.45) is 0 Å². The lowest BCUT2D eigenvalue weighted by Crippen LogP contribution is -2.38. The number of amides is 1. The highest BCUT2D eigenvalue weighted by Gasteiger charge is 2.45. The average Bonchev–Trinajstić information content (AvgIpc) is 3.14. The molecule has 2 heterocycles. The monoisotopic (exact) mass is 494 g/mol. The molecule has 1 atom stereocenters. The first-order chi connectivity index (χ1) is 17.4. The van der Waals surface area contributed by atoms with Crippen LogP contribution in [-0.4, -0.2) is 79.7 Å². The Morgan fingerprint density at radius 1 is 1.08 bits per heavy atom. The largest absolute Gasteiger partial charge is 0.507 e. The van der Waals surface area contributed by atoms with E-state index < -0.39 is 17.7 Å². The van der Waals surface area contributed by atoms with Gasteiger partial charge in [-0.25, -0.2) is 0 Å². The minimum atomic E-state index is -0.687. The number of carbonyl (C=O) groups is 2. The molecule has 1 N–H and O–H groups in total. The van der Waals surface area contributed by atoms with E-state index in [-0.39, 0.29) is 11.3 Å². The molecule has 2 aliphatic rings. The van der Waals surface area contributed by atoms with E-state index in [1.165, 1.54) is 0 Å². The molecule has 2 saturated heterocycles. The quantitative estimate of drug-likeness (QED) is 0.324. The molecule has 2 aliphatic heterocycles. The van der Waals surface area contributed by atoms with Gasteiger partial charge in [0.05, 0.1) is 38.5 Å². The van der Waals surface area contributed by atoms with Gasteiger partial charge in [-0.05, 0) is 61.7 Å². The second-order valence-electron chi connectivity index (χ2n) is 8.99. The van der Waals surface area contributed by atoms with E-state index in [2.05, 4.69) is 4.90 Å². The fourth-order valence-electron chi connectivity index (χ4n) is 4.84. The van der Waals surface area contributed by atoms with Gasteiger partial charge in [-0.1, -0.05) is 12.1 Å². The van der Waals surface area contributed by atoms with Crippen LogP contribution >= 0.6 is 0 Å². The van der Waals surface area contributed by atoms with E-state index in [4.69, 9.17) is 14.2 Å². The van der Waals surface area contributed by atoms with Crippen LogP contribution < -0.4 is 9.47 Å². The molecule has 0 radical (unpaired) electrons. The Bertz CT molecular complexity index is 1120. The van der Waals surface area contributed by atoms with Gasteiger partial charge in [0.25, 0.3) is 11.7 Å². The summed E-state index contributed by atoms with van der Waals surface area (Å²) in [7, 11) is 1.58. The number of carbonyl (C=O) groups excluding carboxylic acids is 2. The Morgan fingerprint density at radius 3 is 2.44 bits per heavy atom. The van der Waals surface area contributed by atoms with Crippen LogP contribution in [0.3, 0.4) is 0 Å². The normalized spacial score (nSPS) is 20.1. The number of hydrogen-bond donors (Lipinski definition) is 1. The van der Waals surface area contributed by atoms with Crippen LogP contribution in [0.4, 0.5) is 0 Å². The molecule has 0 saturated carbocycles. The van der Waals surface area contributed by atoms with Crippen molar-refractivity contribution in [2.45, 2.75) is 26.3 Å². The van der Waals surface area contributed by atoms with Crippen molar-refractivity contribution < 1.29 is 28.9 Å². The van der Waals surface area contributed by atoms with Crippen LogP contribution in [0.1, 0.15) is 36.1 Å². The number of methoxy groups -OCH3 is 1. The van der Waals surface area contributed by atoms with Crippen molar-refractivity contribution in [2.75, 3.05) is 53.1 Å². The van der Waals surface area contributed by atoms with Crippen LogP contribution in [0.2, 0.25) is 0 Å². The average molecular weight is 495 g/mol. The van der Waals surface area contributed by atoms with Gasteiger partial charge in [-0.15, -0.1) is 0 Å². The number of likely N-dealkylation sites (tertiary alicyclic amines) is 1. The second kappa shape index (κ2) is 11.6. The fraction of sp³-hybridized carbons (Fsp3) is 0.429. The molecule has 0 aromatic heterocycles. The summed E-state index contributed by atoms with van der Waals surface area (Å²) in [5.74, 6) is -0.0722. The third-order valence-electron chi connectivity index (χ3n) is 6.69. The Hall–Kier alpha value is -3.36. The lowest BCUT2D eigenvalue weighted by atomic mass is 9.94. The summed E-state index contributed by atoms with van der Waals surface area (Å²) in [6, 6.07) is 11.9. The van der Waals surface area contributed by atoms with E-state index in [1.807, 2.05) is 38.1 Å². The van der Waals surface area contributed by atoms with Gasteiger partial charge in [0.15, 0.2) is 0 Å². The fourth-order valence-corrected chi connectivity index (χ4v) is 4.84. The number of aliphatic hydroxyl groups is 1. The lowest BCUT2D eigenvalue weighted by Gasteiger charge is -2.29. The van der Waals surface area contributed by atoms with Gasteiger partial charge in [-0.3, -0.25) is 14.5 Å². The van der Waals surface area contributed by atoms with E-state index in [0.717, 1.165) is 30.8 Å². The molecule has 8 heteroatoms. The molecule has 1 amide bonds. The summed E-state index contributed by atoms with van der Waals surface area (Å²) in [6.45, 7) is 8.65. The summed E-state index contributed by atoms with van der Waals surface area (Å²) in [6.07, 6.45) is 0.711. The number of ether oxygens (including phenoxy) is 3. The summed E-state index contributed by atoms with van der Waals surface area (Å²) in [5.41, 5.74) is 2.13. The van der Waals surface area contributed by atoms with Gasteiger partial charge in [-0.2, -0.15) is 0 Å². The molecule has 2 aromatic rings. The number of Topliss-reactive ketones (excluding diaryl/α,β-unsaturated/α-hetero) is 1. The maximum absolute atomic E-state index is 13.3. The Kier molecular flexibility index (Phi) is 8.28. The third kappa shape index (κ3) is 5.39. The van der Waals surface area contributed by atoms with E-state index in [9.17, 15) is 14.7 Å². The predicted octanol–water partition coefficient (Wildman–Crippen LogP) is 3.55. The molecule has 0 unspecified atom stereocenters.